The van der Waals surface area contributed by atoms with Crippen LogP contribution in [-0.2, 0) is 4.79 Å². The highest BCUT2D eigenvalue weighted by atomic mass is 16.4. The summed E-state index contributed by atoms with van der Waals surface area (Å²) in [6, 6.07) is 0. The zero-order valence-corrected chi connectivity index (χ0v) is 8.80. The van der Waals surface area contributed by atoms with Gasteiger partial charge in [0.2, 0.25) is 0 Å². The second-order valence-electron chi connectivity index (χ2n) is 4.59. The molecule has 0 aliphatic heterocycles. The van der Waals surface area contributed by atoms with Gasteiger partial charge < -0.3 is 5.11 Å². The molecule has 0 amide bonds. The number of aliphatic carboxylic acids is 1. The Balaban J connectivity index is 4.69. The molecule has 0 radical (unpaired) electrons. The zero-order chi connectivity index (χ0) is 10.2. The van der Waals surface area contributed by atoms with E-state index in [2.05, 4.69) is 0 Å². The van der Waals surface area contributed by atoms with Crippen molar-refractivity contribution in [1.29, 1.82) is 0 Å². The third-order valence-electron chi connectivity index (χ3n) is 2.37. The number of rotatable bonds is 2. The maximum Gasteiger partial charge on any atom is 0.323 e. The van der Waals surface area contributed by atoms with Crippen LogP contribution in [0, 0.1) is 0 Å². The highest BCUT2D eigenvalue weighted by Gasteiger charge is 2.37. The van der Waals surface area contributed by atoms with Crippen LogP contribution in [0.5, 0.6) is 0 Å². The molecular formula is C9H19NO2. The lowest BCUT2D eigenvalue weighted by molar-refractivity contribution is -0.151. The molecule has 0 aromatic rings. The lowest BCUT2D eigenvalue weighted by Gasteiger charge is -2.41. The third-order valence-corrected chi connectivity index (χ3v) is 2.37. The molecule has 0 aliphatic rings. The minimum absolute atomic E-state index is 0.123. The van der Waals surface area contributed by atoms with Gasteiger partial charge in [-0.2, -0.15) is 0 Å². The van der Waals surface area contributed by atoms with Crippen molar-refractivity contribution in [3.63, 3.8) is 0 Å². The molecule has 0 aliphatic carbocycles. The van der Waals surface area contributed by atoms with Crippen LogP contribution in [0.1, 0.15) is 34.6 Å². The summed E-state index contributed by atoms with van der Waals surface area (Å²) in [4.78, 5) is 12.7. The molecule has 0 saturated carbocycles. The molecule has 0 atom stereocenters. The SMILES string of the molecule is CN(C(C)(C)C)C(C)(C)C(=O)O. The fraction of sp³-hybridized carbons (Fsp3) is 0.889. The maximum atomic E-state index is 10.9. The minimum atomic E-state index is -0.807. The predicted octanol–water partition coefficient (Wildman–Crippen LogP) is 1.58. The quantitative estimate of drug-likeness (QED) is 0.689. The topological polar surface area (TPSA) is 40.5 Å². The van der Waals surface area contributed by atoms with Gasteiger partial charge in [0, 0.05) is 5.54 Å². The normalized spacial score (nSPS) is 13.6. The van der Waals surface area contributed by atoms with Crippen molar-refractivity contribution in [2.45, 2.75) is 45.7 Å². The van der Waals surface area contributed by atoms with Gasteiger partial charge in [0.1, 0.15) is 5.54 Å². The summed E-state index contributed by atoms with van der Waals surface area (Å²) in [7, 11) is 1.83. The van der Waals surface area contributed by atoms with Gasteiger partial charge >= 0.3 is 5.97 Å². The fourth-order valence-electron chi connectivity index (χ4n) is 0.982. The van der Waals surface area contributed by atoms with E-state index < -0.39 is 11.5 Å². The number of carbonyl (C=O) groups is 1. The lowest BCUT2D eigenvalue weighted by atomic mass is 9.96. The van der Waals surface area contributed by atoms with E-state index in [0.717, 1.165) is 0 Å². The molecule has 0 unspecified atom stereocenters. The monoisotopic (exact) mass is 173 g/mol. The molecule has 1 N–H and O–H groups in total. The first-order valence-electron chi connectivity index (χ1n) is 4.07. The molecular weight excluding hydrogens is 154 g/mol. The summed E-state index contributed by atoms with van der Waals surface area (Å²) in [5.41, 5.74) is -0.930. The van der Waals surface area contributed by atoms with Crippen molar-refractivity contribution >= 4 is 5.97 Å². The first-order chi connectivity index (χ1) is 5.10. The van der Waals surface area contributed by atoms with Crippen LogP contribution >= 0.6 is 0 Å². The van der Waals surface area contributed by atoms with E-state index in [1.807, 2.05) is 32.7 Å². The number of hydrogen-bond donors (Lipinski definition) is 1. The van der Waals surface area contributed by atoms with Gasteiger partial charge in [0.15, 0.2) is 0 Å². The van der Waals surface area contributed by atoms with E-state index in [1.165, 1.54) is 0 Å². The molecule has 3 nitrogen and oxygen atoms in total. The number of carboxylic acid groups (broad SMARTS) is 1. The van der Waals surface area contributed by atoms with E-state index in [0.29, 0.717) is 0 Å². The van der Waals surface area contributed by atoms with Gasteiger partial charge in [0.05, 0.1) is 0 Å². The van der Waals surface area contributed by atoms with E-state index in [-0.39, 0.29) is 5.54 Å². The lowest BCUT2D eigenvalue weighted by Crippen LogP contribution is -2.55. The number of carboxylic acids is 1. The molecule has 0 rings (SSSR count). The van der Waals surface area contributed by atoms with E-state index in [1.54, 1.807) is 13.8 Å². The first-order valence-corrected chi connectivity index (χ1v) is 4.07. The summed E-state index contributed by atoms with van der Waals surface area (Å²) < 4.78 is 0. The summed E-state index contributed by atoms with van der Waals surface area (Å²) in [6.07, 6.45) is 0. The Morgan fingerprint density at radius 3 is 1.58 bits per heavy atom. The molecule has 0 bridgehead atoms. The summed E-state index contributed by atoms with van der Waals surface area (Å²) in [6.45, 7) is 9.41. The molecule has 12 heavy (non-hydrogen) atoms. The molecule has 0 fully saturated rings. The summed E-state index contributed by atoms with van der Waals surface area (Å²) in [5, 5.41) is 8.93. The van der Waals surface area contributed by atoms with Gasteiger partial charge in [-0.3, -0.25) is 9.69 Å². The zero-order valence-electron chi connectivity index (χ0n) is 8.80. The van der Waals surface area contributed by atoms with Crippen molar-refractivity contribution in [2.24, 2.45) is 0 Å². The largest absolute Gasteiger partial charge is 0.480 e. The average Bonchev–Trinajstić information content (AvgIpc) is 1.83. The highest BCUT2D eigenvalue weighted by molar-refractivity contribution is 5.77. The Bertz CT molecular complexity index is 179. The standard InChI is InChI=1S/C9H19NO2/c1-8(2,3)10(6)9(4,5)7(11)12/h1-6H3,(H,11,12). The van der Waals surface area contributed by atoms with Crippen LogP contribution in [0.4, 0.5) is 0 Å². The summed E-state index contributed by atoms with van der Waals surface area (Å²) >= 11 is 0. The van der Waals surface area contributed by atoms with Crippen LogP contribution in [0.2, 0.25) is 0 Å². The molecule has 3 heteroatoms. The van der Waals surface area contributed by atoms with Crippen molar-refractivity contribution in [2.75, 3.05) is 7.05 Å². The summed E-state index contributed by atoms with van der Waals surface area (Å²) in [5.74, 6) is -0.792. The average molecular weight is 173 g/mol. The van der Waals surface area contributed by atoms with Crippen LogP contribution in [0.15, 0.2) is 0 Å². The van der Waals surface area contributed by atoms with Gasteiger partial charge in [-0.25, -0.2) is 0 Å². The van der Waals surface area contributed by atoms with Crippen LogP contribution < -0.4 is 0 Å². The highest BCUT2D eigenvalue weighted by Crippen LogP contribution is 2.22. The molecule has 0 aromatic carbocycles. The molecule has 0 heterocycles. The van der Waals surface area contributed by atoms with Crippen molar-refractivity contribution in [3.05, 3.63) is 0 Å². The third kappa shape index (κ3) is 2.21. The maximum absolute atomic E-state index is 10.9. The minimum Gasteiger partial charge on any atom is -0.480 e. The Hall–Kier alpha value is -0.570. The second kappa shape index (κ2) is 3.05. The molecule has 0 saturated heterocycles. The molecule has 0 spiro atoms. The first kappa shape index (κ1) is 11.4. The van der Waals surface area contributed by atoms with Crippen molar-refractivity contribution < 1.29 is 9.90 Å². The second-order valence-corrected chi connectivity index (χ2v) is 4.59. The molecule has 72 valence electrons. The van der Waals surface area contributed by atoms with Crippen molar-refractivity contribution in [1.82, 2.24) is 4.90 Å². The number of likely N-dealkylation sites (N-methyl/N-ethyl adjacent to an activating group) is 1. The van der Waals surface area contributed by atoms with Gasteiger partial charge in [-0.1, -0.05) is 0 Å². The fourth-order valence-corrected chi connectivity index (χ4v) is 0.982. The Morgan fingerprint density at radius 1 is 1.17 bits per heavy atom. The predicted molar refractivity (Wildman–Crippen MR) is 49.2 cm³/mol. The number of hydrogen-bond acceptors (Lipinski definition) is 2. The Morgan fingerprint density at radius 2 is 1.50 bits per heavy atom. The van der Waals surface area contributed by atoms with Crippen LogP contribution in [-0.4, -0.2) is 34.1 Å². The Kier molecular flexibility index (Phi) is 2.91. The van der Waals surface area contributed by atoms with Gasteiger partial charge in [0.25, 0.3) is 0 Å². The van der Waals surface area contributed by atoms with Crippen LogP contribution in [0.3, 0.4) is 0 Å². The van der Waals surface area contributed by atoms with E-state index in [9.17, 15) is 4.79 Å². The smallest absolute Gasteiger partial charge is 0.323 e. The molecule has 0 aromatic heterocycles. The van der Waals surface area contributed by atoms with E-state index in [4.69, 9.17) is 5.11 Å². The number of nitrogens with zero attached hydrogens (tertiary/aromatic N) is 1. The Labute approximate surface area is 74.4 Å². The van der Waals surface area contributed by atoms with Gasteiger partial charge in [-0.15, -0.1) is 0 Å². The van der Waals surface area contributed by atoms with E-state index >= 15 is 0 Å². The van der Waals surface area contributed by atoms with Gasteiger partial charge in [-0.05, 0) is 41.7 Å². The van der Waals surface area contributed by atoms with Crippen molar-refractivity contribution in [3.8, 4) is 0 Å². The van der Waals surface area contributed by atoms with Crippen LogP contribution in [0.25, 0.3) is 0 Å².